The van der Waals surface area contributed by atoms with Crippen molar-refractivity contribution in [3.05, 3.63) is 23.0 Å². The van der Waals surface area contributed by atoms with Crippen LogP contribution < -0.4 is 11.1 Å². The van der Waals surface area contributed by atoms with Crippen molar-refractivity contribution >= 4 is 33.2 Å². The number of halogens is 1. The molecule has 21 heavy (non-hydrogen) atoms. The Balaban J connectivity index is 2.49. The van der Waals surface area contributed by atoms with Crippen molar-refractivity contribution in [1.29, 1.82) is 0 Å². The topological polar surface area (TPSA) is 105 Å². The van der Waals surface area contributed by atoms with Gasteiger partial charge in [0.2, 0.25) is 10.0 Å². The monoisotopic (exact) mass is 334 g/mol. The number of pyridine rings is 1. The normalized spacial score (nSPS) is 11.6. The maximum atomic E-state index is 11.9. The number of nitrogen functional groups attached to an aromatic ring is 1. The highest BCUT2D eigenvalue weighted by molar-refractivity contribution is 7.88. The van der Waals surface area contributed by atoms with E-state index < -0.39 is 10.0 Å². The van der Waals surface area contributed by atoms with Gasteiger partial charge in [-0.2, -0.15) is 0 Å². The molecule has 0 aliphatic carbocycles. The quantitative estimate of drug-likeness (QED) is 0.564. The molecule has 1 aromatic rings. The highest BCUT2D eigenvalue weighted by atomic mass is 35.5. The fraction of sp³-hybridized carbons (Fsp3) is 0.500. The van der Waals surface area contributed by atoms with Crippen LogP contribution in [0.1, 0.15) is 23.7 Å². The summed E-state index contributed by atoms with van der Waals surface area (Å²) in [6.45, 7) is 2.85. The van der Waals surface area contributed by atoms with Gasteiger partial charge in [-0.05, 0) is 12.5 Å². The lowest BCUT2D eigenvalue weighted by atomic mass is 10.2. The van der Waals surface area contributed by atoms with Crippen molar-refractivity contribution in [1.82, 2.24) is 14.6 Å². The smallest absolute Gasteiger partial charge is 0.253 e. The number of nitrogens with zero attached hydrogens (tertiary/aromatic N) is 2. The first-order valence-corrected chi connectivity index (χ1v) is 8.62. The first-order chi connectivity index (χ1) is 9.75. The van der Waals surface area contributed by atoms with E-state index in [0.717, 1.165) is 6.26 Å². The molecule has 0 aliphatic heterocycles. The molecule has 1 amide bonds. The van der Waals surface area contributed by atoms with Crippen LogP contribution in [0, 0.1) is 0 Å². The molecule has 9 heteroatoms. The van der Waals surface area contributed by atoms with Crippen LogP contribution >= 0.6 is 11.6 Å². The van der Waals surface area contributed by atoms with E-state index in [2.05, 4.69) is 10.3 Å². The Morgan fingerprint density at radius 2 is 2.19 bits per heavy atom. The second-order valence-corrected chi connectivity index (χ2v) is 6.83. The first kappa shape index (κ1) is 17.7. The van der Waals surface area contributed by atoms with E-state index in [4.69, 9.17) is 17.3 Å². The van der Waals surface area contributed by atoms with Crippen LogP contribution in [0.3, 0.4) is 0 Å². The molecular formula is C12H19ClN4O3S. The average molecular weight is 335 g/mol. The van der Waals surface area contributed by atoms with Gasteiger partial charge in [-0.15, -0.1) is 0 Å². The van der Waals surface area contributed by atoms with Crippen LogP contribution in [0.15, 0.2) is 12.3 Å². The third-order valence-corrected chi connectivity index (χ3v) is 4.42. The van der Waals surface area contributed by atoms with Crippen LogP contribution in [0.25, 0.3) is 0 Å². The minimum atomic E-state index is -3.21. The first-order valence-electron chi connectivity index (χ1n) is 6.40. The summed E-state index contributed by atoms with van der Waals surface area (Å²) < 4.78 is 24.1. The summed E-state index contributed by atoms with van der Waals surface area (Å²) in [4.78, 5) is 15.7. The second-order valence-electron chi connectivity index (χ2n) is 4.46. The summed E-state index contributed by atoms with van der Waals surface area (Å²) in [6.07, 6.45) is 2.99. The summed E-state index contributed by atoms with van der Waals surface area (Å²) in [5.41, 5.74) is 6.15. The highest BCUT2D eigenvalue weighted by Gasteiger charge is 2.14. The van der Waals surface area contributed by atoms with Crippen molar-refractivity contribution in [2.75, 3.05) is 31.6 Å². The van der Waals surface area contributed by atoms with Crippen molar-refractivity contribution < 1.29 is 13.2 Å². The molecule has 0 bridgehead atoms. The zero-order chi connectivity index (χ0) is 16.0. The third-order valence-electron chi connectivity index (χ3n) is 2.84. The number of carbonyl (C=O) groups excluding carboxylic acids is 1. The predicted molar refractivity (Wildman–Crippen MR) is 82.7 cm³/mol. The van der Waals surface area contributed by atoms with Gasteiger partial charge in [0.15, 0.2) is 0 Å². The van der Waals surface area contributed by atoms with Gasteiger partial charge in [-0.1, -0.05) is 18.5 Å². The minimum Gasteiger partial charge on any atom is -0.397 e. The molecule has 1 heterocycles. The maximum absolute atomic E-state index is 11.9. The van der Waals surface area contributed by atoms with Crippen LogP contribution in [-0.4, -0.2) is 49.5 Å². The molecule has 0 spiro atoms. The third kappa shape index (κ3) is 5.49. The number of nitrogens with two attached hydrogens (primary N) is 1. The van der Waals surface area contributed by atoms with E-state index >= 15 is 0 Å². The maximum Gasteiger partial charge on any atom is 0.253 e. The SMILES string of the molecule is CCN(CCCNC(=O)c1cc(Cl)ncc1N)S(C)(=O)=O. The Hall–Kier alpha value is -1.38. The lowest BCUT2D eigenvalue weighted by Gasteiger charge is -2.17. The number of nitrogens with one attached hydrogen (secondary N) is 1. The van der Waals surface area contributed by atoms with E-state index in [0.29, 0.717) is 26.1 Å². The molecule has 0 unspecified atom stereocenters. The molecule has 0 aromatic carbocycles. The zero-order valence-electron chi connectivity index (χ0n) is 12.0. The van der Waals surface area contributed by atoms with E-state index in [9.17, 15) is 13.2 Å². The molecule has 0 saturated heterocycles. The largest absolute Gasteiger partial charge is 0.397 e. The van der Waals surface area contributed by atoms with E-state index in [1.807, 2.05) is 0 Å². The van der Waals surface area contributed by atoms with Crippen LogP contribution in [-0.2, 0) is 10.0 Å². The zero-order valence-corrected chi connectivity index (χ0v) is 13.5. The lowest BCUT2D eigenvalue weighted by molar-refractivity contribution is 0.0953. The Morgan fingerprint density at radius 1 is 1.52 bits per heavy atom. The molecule has 0 saturated carbocycles. The minimum absolute atomic E-state index is 0.184. The van der Waals surface area contributed by atoms with E-state index in [-0.39, 0.29) is 22.3 Å². The number of aromatic nitrogens is 1. The molecule has 0 radical (unpaired) electrons. The molecule has 118 valence electrons. The number of hydrogen-bond donors (Lipinski definition) is 2. The van der Waals surface area contributed by atoms with Gasteiger partial charge in [0.1, 0.15) is 5.15 Å². The second kappa shape index (κ2) is 7.58. The molecule has 1 aromatic heterocycles. The Kier molecular flexibility index (Phi) is 6.38. The Bertz CT molecular complexity index is 607. The predicted octanol–water partition coefficient (Wildman–Crippen LogP) is 0.719. The summed E-state index contributed by atoms with van der Waals surface area (Å²) >= 11 is 5.71. The van der Waals surface area contributed by atoms with Gasteiger partial charge >= 0.3 is 0 Å². The van der Waals surface area contributed by atoms with Gasteiger partial charge in [0.25, 0.3) is 5.91 Å². The fourth-order valence-electron chi connectivity index (χ4n) is 1.75. The number of sulfonamides is 1. The molecule has 1 rings (SSSR count). The average Bonchev–Trinajstić information content (AvgIpc) is 2.39. The standard InChI is InChI=1S/C12H19ClN4O3S/c1-3-17(21(2,19)20)6-4-5-15-12(18)9-7-11(13)16-8-10(9)14/h7-8H,3-6,14H2,1-2H3,(H,15,18). The summed E-state index contributed by atoms with van der Waals surface area (Å²) in [7, 11) is -3.21. The molecule has 0 fully saturated rings. The number of carbonyl (C=O) groups is 1. The lowest BCUT2D eigenvalue weighted by Crippen LogP contribution is -2.33. The molecule has 0 aliphatic rings. The molecule has 0 atom stereocenters. The Morgan fingerprint density at radius 3 is 2.76 bits per heavy atom. The van der Waals surface area contributed by atoms with Gasteiger partial charge in [0, 0.05) is 19.6 Å². The van der Waals surface area contributed by atoms with Gasteiger partial charge < -0.3 is 11.1 Å². The van der Waals surface area contributed by atoms with Gasteiger partial charge in [-0.25, -0.2) is 17.7 Å². The van der Waals surface area contributed by atoms with Crippen LogP contribution in [0.4, 0.5) is 5.69 Å². The van der Waals surface area contributed by atoms with Crippen molar-refractivity contribution in [3.63, 3.8) is 0 Å². The Labute approximate surface area is 129 Å². The van der Waals surface area contributed by atoms with E-state index in [1.54, 1.807) is 6.92 Å². The molecule has 7 nitrogen and oxygen atoms in total. The summed E-state index contributed by atoms with van der Waals surface area (Å²) in [5, 5.41) is 2.85. The van der Waals surface area contributed by atoms with Crippen molar-refractivity contribution in [2.45, 2.75) is 13.3 Å². The van der Waals surface area contributed by atoms with Crippen molar-refractivity contribution in [2.24, 2.45) is 0 Å². The number of anilines is 1. The number of amides is 1. The summed E-state index contributed by atoms with van der Waals surface area (Å²) in [5.74, 6) is -0.362. The number of hydrogen-bond acceptors (Lipinski definition) is 5. The molecular weight excluding hydrogens is 316 g/mol. The van der Waals surface area contributed by atoms with Crippen LogP contribution in [0.5, 0.6) is 0 Å². The van der Waals surface area contributed by atoms with Gasteiger partial charge in [-0.3, -0.25) is 4.79 Å². The van der Waals surface area contributed by atoms with Crippen molar-refractivity contribution in [3.8, 4) is 0 Å². The fourth-order valence-corrected chi connectivity index (χ4v) is 2.84. The van der Waals surface area contributed by atoms with Crippen LogP contribution in [0.2, 0.25) is 5.15 Å². The number of rotatable bonds is 7. The van der Waals surface area contributed by atoms with E-state index in [1.165, 1.54) is 16.6 Å². The molecule has 3 N–H and O–H groups in total. The summed E-state index contributed by atoms with van der Waals surface area (Å²) in [6, 6.07) is 1.39. The highest BCUT2D eigenvalue weighted by Crippen LogP contribution is 2.14. The van der Waals surface area contributed by atoms with Gasteiger partial charge in [0.05, 0.1) is 23.7 Å².